The summed E-state index contributed by atoms with van der Waals surface area (Å²) in [5.41, 5.74) is 1.53. The number of rotatable bonds is 5. The van der Waals surface area contributed by atoms with Crippen LogP contribution in [0.4, 0.5) is 0 Å². The molecule has 0 radical (unpaired) electrons. The Balaban J connectivity index is 1.86. The molecule has 2 rings (SSSR count). The predicted octanol–water partition coefficient (Wildman–Crippen LogP) is 0.775. The van der Waals surface area contributed by atoms with Crippen LogP contribution in [0.1, 0.15) is 22.8 Å². The van der Waals surface area contributed by atoms with Crippen LogP contribution >= 0.6 is 0 Å². The second-order valence-corrected chi connectivity index (χ2v) is 7.57. The first-order chi connectivity index (χ1) is 10.4. The van der Waals surface area contributed by atoms with Crippen LogP contribution in [0.25, 0.3) is 0 Å². The van der Waals surface area contributed by atoms with Crippen molar-refractivity contribution in [1.82, 2.24) is 9.62 Å². The van der Waals surface area contributed by atoms with E-state index in [1.54, 1.807) is 18.2 Å². The average Bonchev–Trinajstić information content (AvgIpc) is 2.47. The van der Waals surface area contributed by atoms with Gasteiger partial charge in [0.05, 0.1) is 18.5 Å². The van der Waals surface area contributed by atoms with Gasteiger partial charge in [-0.1, -0.05) is 17.7 Å². The molecule has 0 spiro atoms. The van der Waals surface area contributed by atoms with Gasteiger partial charge in [-0.15, -0.1) is 0 Å². The summed E-state index contributed by atoms with van der Waals surface area (Å²) < 4.78 is 31.2. The van der Waals surface area contributed by atoms with Gasteiger partial charge < -0.3 is 10.1 Å². The van der Waals surface area contributed by atoms with Crippen LogP contribution in [0.5, 0.6) is 0 Å². The van der Waals surface area contributed by atoms with Gasteiger partial charge in [0, 0.05) is 25.2 Å². The maximum absolute atomic E-state index is 12.2. The second kappa shape index (κ2) is 7.21. The summed E-state index contributed by atoms with van der Waals surface area (Å²) in [6.45, 7) is 5.01. The highest BCUT2D eigenvalue weighted by Crippen LogP contribution is 2.10. The van der Waals surface area contributed by atoms with Crippen molar-refractivity contribution in [1.29, 1.82) is 0 Å². The largest absolute Gasteiger partial charge is 0.376 e. The molecular formula is C15H22N2O4S. The second-order valence-electron chi connectivity index (χ2n) is 5.48. The number of carbonyl (C=O) groups excluding carboxylic acids is 1. The topological polar surface area (TPSA) is 75.7 Å². The van der Waals surface area contributed by atoms with Gasteiger partial charge >= 0.3 is 0 Å². The van der Waals surface area contributed by atoms with Crippen LogP contribution in [0.3, 0.4) is 0 Å². The molecule has 0 saturated carbocycles. The van der Waals surface area contributed by atoms with E-state index < -0.39 is 10.0 Å². The highest BCUT2D eigenvalue weighted by molar-refractivity contribution is 7.89. The molecule has 122 valence electrons. The van der Waals surface area contributed by atoms with Gasteiger partial charge in [0.2, 0.25) is 10.0 Å². The van der Waals surface area contributed by atoms with Crippen molar-refractivity contribution in [2.45, 2.75) is 20.0 Å². The first kappa shape index (κ1) is 16.9. The third kappa shape index (κ3) is 4.53. The Morgan fingerprint density at radius 1 is 1.45 bits per heavy atom. The SMILES string of the molecule is Cc1cccc(C(=O)NCCS(=O)(=O)N2CCOC(C)C2)c1. The zero-order valence-electron chi connectivity index (χ0n) is 12.9. The summed E-state index contributed by atoms with van der Waals surface area (Å²) in [5, 5.41) is 2.66. The summed E-state index contributed by atoms with van der Waals surface area (Å²) in [7, 11) is -3.36. The lowest BCUT2D eigenvalue weighted by Gasteiger charge is -2.30. The van der Waals surface area contributed by atoms with Crippen molar-refractivity contribution in [3.63, 3.8) is 0 Å². The van der Waals surface area contributed by atoms with Gasteiger partial charge in [-0.2, -0.15) is 4.31 Å². The van der Waals surface area contributed by atoms with Crippen LogP contribution in [-0.4, -0.2) is 56.7 Å². The molecule has 1 saturated heterocycles. The molecule has 1 aliphatic rings. The van der Waals surface area contributed by atoms with E-state index in [1.165, 1.54) is 4.31 Å². The molecule has 1 heterocycles. The molecule has 1 fully saturated rings. The molecule has 1 aliphatic heterocycles. The molecule has 0 aliphatic carbocycles. The van der Waals surface area contributed by atoms with Crippen molar-refractivity contribution in [2.24, 2.45) is 0 Å². The number of sulfonamides is 1. The lowest BCUT2D eigenvalue weighted by atomic mass is 10.1. The molecule has 22 heavy (non-hydrogen) atoms. The van der Waals surface area contributed by atoms with E-state index in [4.69, 9.17) is 4.74 Å². The highest BCUT2D eigenvalue weighted by atomic mass is 32.2. The molecular weight excluding hydrogens is 304 g/mol. The fourth-order valence-electron chi connectivity index (χ4n) is 2.35. The minimum atomic E-state index is -3.36. The Bertz CT molecular complexity index is 630. The number of hydrogen-bond donors (Lipinski definition) is 1. The number of carbonyl (C=O) groups is 1. The molecule has 1 aromatic carbocycles. The molecule has 1 aromatic rings. The minimum absolute atomic E-state index is 0.0922. The number of hydrogen-bond acceptors (Lipinski definition) is 4. The summed E-state index contributed by atoms with van der Waals surface area (Å²) in [5.74, 6) is -0.355. The van der Waals surface area contributed by atoms with Crippen molar-refractivity contribution >= 4 is 15.9 Å². The Kier molecular flexibility index (Phi) is 5.55. The number of morpholine rings is 1. The van der Waals surface area contributed by atoms with E-state index in [0.717, 1.165) is 5.56 Å². The van der Waals surface area contributed by atoms with Crippen LogP contribution in [-0.2, 0) is 14.8 Å². The summed E-state index contributed by atoms with van der Waals surface area (Å²) in [6.07, 6.45) is -0.0922. The van der Waals surface area contributed by atoms with Crippen molar-refractivity contribution < 1.29 is 17.9 Å². The molecule has 0 bridgehead atoms. The van der Waals surface area contributed by atoms with Gasteiger partial charge in [0.15, 0.2) is 0 Å². The summed E-state index contributed by atoms with van der Waals surface area (Å²) in [4.78, 5) is 12.0. The fourth-order valence-corrected chi connectivity index (χ4v) is 3.76. The maximum Gasteiger partial charge on any atom is 0.251 e. The van der Waals surface area contributed by atoms with Crippen LogP contribution < -0.4 is 5.32 Å². The van der Waals surface area contributed by atoms with Gasteiger partial charge in [-0.05, 0) is 26.0 Å². The van der Waals surface area contributed by atoms with Crippen LogP contribution in [0, 0.1) is 6.92 Å². The Labute approximate surface area is 131 Å². The van der Waals surface area contributed by atoms with Gasteiger partial charge in [-0.25, -0.2) is 8.42 Å². The first-order valence-electron chi connectivity index (χ1n) is 7.33. The third-order valence-electron chi connectivity index (χ3n) is 3.52. The smallest absolute Gasteiger partial charge is 0.251 e. The van der Waals surface area contributed by atoms with E-state index in [0.29, 0.717) is 25.3 Å². The Morgan fingerprint density at radius 2 is 2.23 bits per heavy atom. The van der Waals surface area contributed by atoms with E-state index >= 15 is 0 Å². The van der Waals surface area contributed by atoms with Crippen molar-refractivity contribution in [3.8, 4) is 0 Å². The number of benzene rings is 1. The maximum atomic E-state index is 12.2. The minimum Gasteiger partial charge on any atom is -0.376 e. The number of ether oxygens (including phenoxy) is 1. The van der Waals surface area contributed by atoms with Crippen LogP contribution in [0.2, 0.25) is 0 Å². The zero-order valence-corrected chi connectivity index (χ0v) is 13.7. The normalized spacial score (nSPS) is 19.8. The average molecular weight is 326 g/mol. The molecule has 7 heteroatoms. The quantitative estimate of drug-likeness (QED) is 0.867. The predicted molar refractivity (Wildman–Crippen MR) is 84.3 cm³/mol. The Hall–Kier alpha value is -1.44. The standard InChI is InChI=1S/C15H22N2O4S/c1-12-4-3-5-14(10-12)15(18)16-6-9-22(19,20)17-7-8-21-13(2)11-17/h3-5,10,13H,6-9,11H2,1-2H3,(H,16,18). The Morgan fingerprint density at radius 3 is 2.91 bits per heavy atom. The van der Waals surface area contributed by atoms with Gasteiger partial charge in [-0.3, -0.25) is 4.79 Å². The van der Waals surface area contributed by atoms with E-state index in [2.05, 4.69) is 5.32 Å². The monoisotopic (exact) mass is 326 g/mol. The van der Waals surface area contributed by atoms with Crippen molar-refractivity contribution in [2.75, 3.05) is 32.0 Å². The van der Waals surface area contributed by atoms with Gasteiger partial charge in [0.1, 0.15) is 0 Å². The van der Waals surface area contributed by atoms with Crippen LogP contribution in [0.15, 0.2) is 24.3 Å². The summed E-state index contributed by atoms with van der Waals surface area (Å²) in [6, 6.07) is 7.19. The first-order valence-corrected chi connectivity index (χ1v) is 8.94. The molecule has 0 aromatic heterocycles. The third-order valence-corrected chi connectivity index (χ3v) is 5.36. The van der Waals surface area contributed by atoms with Gasteiger partial charge in [0.25, 0.3) is 5.91 Å². The fraction of sp³-hybridized carbons (Fsp3) is 0.533. The zero-order chi connectivity index (χ0) is 16.2. The van der Waals surface area contributed by atoms with E-state index in [9.17, 15) is 13.2 Å². The number of nitrogens with one attached hydrogen (secondary N) is 1. The number of amides is 1. The lowest BCUT2D eigenvalue weighted by Crippen LogP contribution is -2.46. The molecule has 1 atom stereocenters. The molecule has 1 unspecified atom stereocenters. The number of aryl methyl sites for hydroxylation is 1. The molecule has 1 amide bonds. The highest BCUT2D eigenvalue weighted by Gasteiger charge is 2.27. The number of nitrogens with zero attached hydrogens (tertiary/aromatic N) is 1. The summed E-state index contributed by atoms with van der Waals surface area (Å²) >= 11 is 0. The van der Waals surface area contributed by atoms with E-state index in [1.807, 2.05) is 19.9 Å². The van der Waals surface area contributed by atoms with Crippen molar-refractivity contribution in [3.05, 3.63) is 35.4 Å². The lowest BCUT2D eigenvalue weighted by molar-refractivity contribution is 0.0102. The van der Waals surface area contributed by atoms with E-state index in [-0.39, 0.29) is 24.3 Å². The molecule has 1 N–H and O–H groups in total. The molecule has 6 nitrogen and oxygen atoms in total.